The van der Waals surface area contributed by atoms with Gasteiger partial charge in [0.25, 0.3) is 0 Å². The van der Waals surface area contributed by atoms with Crippen LogP contribution in [-0.2, 0) is 28.9 Å². The van der Waals surface area contributed by atoms with Crippen LogP contribution in [0.15, 0.2) is 42.6 Å². The maximum atomic E-state index is 12.9. The molecule has 3 heterocycles. The largest absolute Gasteiger partial charge is 0.496 e. The Morgan fingerprint density at radius 2 is 2.14 bits per heavy atom. The summed E-state index contributed by atoms with van der Waals surface area (Å²) in [7, 11) is 1.62. The molecule has 0 saturated heterocycles. The van der Waals surface area contributed by atoms with E-state index < -0.39 is 0 Å². The van der Waals surface area contributed by atoms with Crippen LogP contribution in [0.25, 0.3) is 0 Å². The summed E-state index contributed by atoms with van der Waals surface area (Å²) >= 11 is 1.35. The fourth-order valence-corrected chi connectivity index (χ4v) is 5.68. The van der Waals surface area contributed by atoms with E-state index >= 15 is 0 Å². The molecule has 192 valence electrons. The van der Waals surface area contributed by atoms with Crippen molar-refractivity contribution >= 4 is 28.3 Å². The summed E-state index contributed by atoms with van der Waals surface area (Å²) in [6.45, 7) is 5.05. The van der Waals surface area contributed by atoms with Gasteiger partial charge in [0, 0.05) is 36.2 Å². The predicted molar refractivity (Wildman–Crippen MR) is 142 cm³/mol. The number of hydrogen-bond donors (Lipinski definition) is 1. The van der Waals surface area contributed by atoms with E-state index in [0.717, 1.165) is 33.0 Å². The van der Waals surface area contributed by atoms with Crippen LogP contribution in [0, 0.1) is 18.3 Å². The van der Waals surface area contributed by atoms with Gasteiger partial charge in [0.2, 0.25) is 5.91 Å². The Morgan fingerprint density at radius 3 is 2.86 bits per heavy atom. The van der Waals surface area contributed by atoms with Gasteiger partial charge in [-0.05, 0) is 48.6 Å². The van der Waals surface area contributed by atoms with Crippen molar-refractivity contribution in [3.8, 4) is 11.8 Å². The lowest BCUT2D eigenvalue weighted by Gasteiger charge is -2.26. The molecule has 37 heavy (non-hydrogen) atoms. The molecule has 1 aliphatic rings. The Labute approximate surface area is 220 Å². The Morgan fingerprint density at radius 1 is 1.30 bits per heavy atom. The molecule has 2 aromatic heterocycles. The summed E-state index contributed by atoms with van der Waals surface area (Å²) in [5, 5.41) is 13.3. The number of nitriles is 1. The monoisotopic (exact) mass is 518 g/mol. The molecule has 8 nitrogen and oxygen atoms in total. The van der Waals surface area contributed by atoms with Crippen LogP contribution >= 0.6 is 11.3 Å². The molecule has 1 aliphatic heterocycles. The number of aromatic nitrogens is 1. The zero-order valence-electron chi connectivity index (χ0n) is 21.2. The highest BCUT2D eigenvalue weighted by molar-refractivity contribution is 7.16. The number of fused-ring (bicyclic) bond motifs is 1. The third-order valence-corrected chi connectivity index (χ3v) is 7.53. The SMILES string of the molecule is COc1ccc(C)cc1[C@@H](C)CC(=O)Nc1sc2c(c1C#N)CCN(C(=O)OCCc1ccccn1)C2. The topological polar surface area (TPSA) is 105 Å². The Balaban J connectivity index is 1.37. The molecule has 4 rings (SSSR count). The molecule has 9 heteroatoms. The minimum Gasteiger partial charge on any atom is -0.496 e. The lowest BCUT2D eigenvalue weighted by atomic mass is 9.95. The van der Waals surface area contributed by atoms with Gasteiger partial charge in [0.1, 0.15) is 16.8 Å². The van der Waals surface area contributed by atoms with E-state index in [4.69, 9.17) is 9.47 Å². The number of nitrogens with zero attached hydrogens (tertiary/aromatic N) is 3. The fourth-order valence-electron chi connectivity index (χ4n) is 4.45. The summed E-state index contributed by atoms with van der Waals surface area (Å²) in [5.74, 6) is 0.519. The number of rotatable bonds is 8. The number of hydrogen-bond acceptors (Lipinski definition) is 7. The molecule has 2 amide bonds. The average Bonchev–Trinajstić information content (AvgIpc) is 3.24. The van der Waals surface area contributed by atoms with Crippen molar-refractivity contribution in [1.29, 1.82) is 5.26 Å². The predicted octanol–water partition coefficient (Wildman–Crippen LogP) is 5.20. The maximum Gasteiger partial charge on any atom is 0.410 e. The van der Waals surface area contributed by atoms with E-state index in [1.54, 1.807) is 18.2 Å². The first kappa shape index (κ1) is 26.2. The van der Waals surface area contributed by atoms with E-state index in [0.29, 0.717) is 36.5 Å². The molecule has 0 saturated carbocycles. The second-order valence-corrected chi connectivity index (χ2v) is 10.2. The van der Waals surface area contributed by atoms with Crippen LogP contribution in [0.5, 0.6) is 5.75 Å². The first-order valence-electron chi connectivity index (χ1n) is 12.2. The Bertz CT molecular complexity index is 1320. The van der Waals surface area contributed by atoms with E-state index in [9.17, 15) is 14.9 Å². The molecular weight excluding hydrogens is 488 g/mol. The summed E-state index contributed by atoms with van der Waals surface area (Å²) in [6, 6.07) is 13.8. The molecule has 1 aromatic carbocycles. The van der Waals surface area contributed by atoms with Crippen LogP contribution in [0.3, 0.4) is 0 Å². The van der Waals surface area contributed by atoms with E-state index in [1.165, 1.54) is 11.3 Å². The highest BCUT2D eigenvalue weighted by atomic mass is 32.1. The quantitative estimate of drug-likeness (QED) is 0.439. The Kier molecular flexibility index (Phi) is 8.41. The molecule has 0 aliphatic carbocycles. The van der Waals surface area contributed by atoms with Gasteiger partial charge in [0.05, 0.1) is 25.8 Å². The maximum absolute atomic E-state index is 12.9. The molecule has 0 unspecified atom stereocenters. The standard InChI is InChI=1S/C28H30N4O4S/c1-18-7-8-24(35-3)22(14-18)19(2)15-26(33)31-27-23(16-29)21-9-12-32(17-25(21)37-27)28(34)36-13-10-20-6-4-5-11-30-20/h4-8,11,14,19H,9-10,12-13,15,17H2,1-3H3,(H,31,33)/t19-/m0/s1. The number of thiophene rings is 1. The van der Waals surface area contributed by atoms with Crippen molar-refractivity contribution in [2.45, 2.75) is 45.6 Å². The van der Waals surface area contributed by atoms with Crippen molar-refractivity contribution in [3.63, 3.8) is 0 Å². The van der Waals surface area contributed by atoms with Crippen LogP contribution in [0.4, 0.5) is 9.80 Å². The second-order valence-electron chi connectivity index (χ2n) is 9.08. The van der Waals surface area contributed by atoms with Gasteiger partial charge in [-0.15, -0.1) is 11.3 Å². The Hall–Kier alpha value is -3.90. The van der Waals surface area contributed by atoms with Crippen molar-refractivity contribution in [2.75, 3.05) is 25.6 Å². The average molecular weight is 519 g/mol. The van der Waals surface area contributed by atoms with Crippen LogP contribution in [-0.4, -0.2) is 42.1 Å². The molecular formula is C28H30N4O4S. The van der Waals surface area contributed by atoms with E-state index in [2.05, 4.69) is 16.4 Å². The lowest BCUT2D eigenvalue weighted by Crippen LogP contribution is -2.36. The minimum atomic E-state index is -0.389. The second kappa shape index (κ2) is 11.9. The van der Waals surface area contributed by atoms with Gasteiger partial charge < -0.3 is 19.7 Å². The minimum absolute atomic E-state index is 0.0636. The lowest BCUT2D eigenvalue weighted by molar-refractivity contribution is -0.116. The number of aryl methyl sites for hydroxylation is 1. The molecule has 0 spiro atoms. The first-order valence-corrected chi connectivity index (χ1v) is 13.0. The number of benzene rings is 1. The number of anilines is 1. The number of pyridine rings is 1. The van der Waals surface area contributed by atoms with Gasteiger partial charge in [-0.3, -0.25) is 9.78 Å². The van der Waals surface area contributed by atoms with Crippen LogP contribution in [0.1, 0.15) is 52.1 Å². The van der Waals surface area contributed by atoms with Gasteiger partial charge >= 0.3 is 6.09 Å². The van der Waals surface area contributed by atoms with Gasteiger partial charge in [0.15, 0.2) is 0 Å². The van der Waals surface area contributed by atoms with E-state index in [-0.39, 0.29) is 30.9 Å². The third kappa shape index (κ3) is 6.27. The summed E-state index contributed by atoms with van der Waals surface area (Å²) < 4.78 is 10.9. The fraction of sp³-hybridized carbons (Fsp3) is 0.357. The third-order valence-electron chi connectivity index (χ3n) is 6.40. The highest BCUT2D eigenvalue weighted by Crippen LogP contribution is 2.37. The number of carbonyl (C=O) groups excluding carboxylic acids is 2. The van der Waals surface area contributed by atoms with Crippen molar-refractivity contribution < 1.29 is 19.1 Å². The highest BCUT2D eigenvalue weighted by Gasteiger charge is 2.28. The van der Waals surface area contributed by atoms with Crippen LogP contribution < -0.4 is 10.1 Å². The van der Waals surface area contributed by atoms with Crippen LogP contribution in [0.2, 0.25) is 0 Å². The zero-order valence-corrected chi connectivity index (χ0v) is 22.1. The van der Waals surface area contributed by atoms with Gasteiger partial charge in [-0.2, -0.15) is 5.26 Å². The number of carbonyl (C=O) groups is 2. The zero-order chi connectivity index (χ0) is 26.4. The summed E-state index contributed by atoms with van der Waals surface area (Å²) in [5.41, 5.74) is 4.32. The van der Waals surface area contributed by atoms with Crippen molar-refractivity contribution in [2.24, 2.45) is 0 Å². The number of nitrogens with one attached hydrogen (secondary N) is 1. The van der Waals surface area contributed by atoms with Crippen molar-refractivity contribution in [1.82, 2.24) is 9.88 Å². The first-order chi connectivity index (χ1) is 17.9. The van der Waals surface area contributed by atoms with Crippen molar-refractivity contribution in [3.05, 3.63) is 75.4 Å². The number of methoxy groups -OCH3 is 1. The summed E-state index contributed by atoms with van der Waals surface area (Å²) in [4.78, 5) is 32.3. The number of amides is 2. The molecule has 0 fully saturated rings. The number of ether oxygens (including phenoxy) is 2. The van der Waals surface area contributed by atoms with Gasteiger partial charge in [-0.25, -0.2) is 4.79 Å². The normalized spacial score (nSPS) is 13.3. The molecule has 0 bridgehead atoms. The molecule has 1 N–H and O–H groups in total. The molecule has 1 atom stereocenters. The molecule has 3 aromatic rings. The summed E-state index contributed by atoms with van der Waals surface area (Å²) in [6.07, 6.45) is 2.66. The molecule has 0 radical (unpaired) electrons. The van der Waals surface area contributed by atoms with E-state index in [1.807, 2.05) is 50.2 Å². The van der Waals surface area contributed by atoms with Gasteiger partial charge in [-0.1, -0.05) is 30.7 Å². The smallest absolute Gasteiger partial charge is 0.410 e.